The molecule has 0 aliphatic carbocycles. The summed E-state index contributed by atoms with van der Waals surface area (Å²) in [6, 6.07) is 9.97. The van der Waals surface area contributed by atoms with E-state index in [4.69, 9.17) is 24.6 Å². The lowest BCUT2D eigenvalue weighted by atomic mass is 9.84. The number of benzene rings is 1. The first-order valence-electron chi connectivity index (χ1n) is 15.4. The SMILES string of the molecule is CCC(C)C(O)C(=O)N1CCC(C2=NC3=C(c4ccc(-c5ccc6c(c5)OCO6)nc4)C=N[N+]3(C)C(C(C)C)=C2C)CC1. The van der Waals surface area contributed by atoms with Crippen LogP contribution < -0.4 is 9.47 Å². The molecule has 0 spiro atoms. The molecule has 9 heteroatoms. The molecule has 4 aliphatic heterocycles. The summed E-state index contributed by atoms with van der Waals surface area (Å²) in [5.74, 6) is 2.70. The predicted octanol–water partition coefficient (Wildman–Crippen LogP) is 5.62. The molecule has 2 aromatic rings. The van der Waals surface area contributed by atoms with Gasteiger partial charge in [0, 0.05) is 47.8 Å². The first-order chi connectivity index (χ1) is 20.6. The van der Waals surface area contributed by atoms with Crippen molar-refractivity contribution < 1.29 is 24.0 Å². The molecule has 226 valence electrons. The molecule has 3 unspecified atom stereocenters. The van der Waals surface area contributed by atoms with Crippen LogP contribution in [0.15, 0.2) is 63.7 Å². The van der Waals surface area contributed by atoms with E-state index in [9.17, 15) is 9.90 Å². The van der Waals surface area contributed by atoms with Crippen LogP contribution in [0.2, 0.25) is 0 Å². The van der Waals surface area contributed by atoms with Gasteiger partial charge in [0.05, 0.1) is 23.2 Å². The van der Waals surface area contributed by atoms with Crippen LogP contribution in [-0.2, 0) is 4.79 Å². The summed E-state index contributed by atoms with van der Waals surface area (Å²) < 4.78 is 11.3. The number of rotatable bonds is 7. The van der Waals surface area contributed by atoms with E-state index in [0.29, 0.717) is 17.7 Å². The molecule has 0 saturated carbocycles. The molecule has 1 amide bonds. The molecule has 0 bridgehead atoms. The van der Waals surface area contributed by atoms with Crippen LogP contribution in [-0.4, -0.2) is 70.5 Å². The van der Waals surface area contributed by atoms with Crippen LogP contribution in [0.25, 0.3) is 16.8 Å². The summed E-state index contributed by atoms with van der Waals surface area (Å²) in [4.78, 5) is 24.9. The predicted molar refractivity (Wildman–Crippen MR) is 167 cm³/mol. The van der Waals surface area contributed by atoms with Crippen LogP contribution in [0, 0.1) is 17.8 Å². The first-order valence-corrected chi connectivity index (χ1v) is 15.4. The van der Waals surface area contributed by atoms with E-state index in [2.05, 4.69) is 33.9 Å². The van der Waals surface area contributed by atoms with E-state index < -0.39 is 6.10 Å². The molecule has 1 N–H and O–H groups in total. The van der Waals surface area contributed by atoms with Gasteiger partial charge < -0.3 is 19.5 Å². The summed E-state index contributed by atoms with van der Waals surface area (Å²) in [5, 5.41) is 15.5. The number of nitrogens with zero attached hydrogens (tertiary/aromatic N) is 5. The highest BCUT2D eigenvalue weighted by molar-refractivity contribution is 6.13. The zero-order valence-electron chi connectivity index (χ0n) is 26.0. The van der Waals surface area contributed by atoms with E-state index in [1.807, 2.05) is 55.4 Å². The van der Waals surface area contributed by atoms with Gasteiger partial charge in [0.25, 0.3) is 11.7 Å². The van der Waals surface area contributed by atoms with Gasteiger partial charge in [-0.15, -0.1) is 4.59 Å². The van der Waals surface area contributed by atoms with Gasteiger partial charge >= 0.3 is 0 Å². The minimum absolute atomic E-state index is 0.0459. The van der Waals surface area contributed by atoms with Crippen molar-refractivity contribution in [2.75, 3.05) is 26.9 Å². The largest absolute Gasteiger partial charge is 0.454 e. The van der Waals surface area contributed by atoms with E-state index >= 15 is 0 Å². The molecule has 4 aliphatic rings. The number of aromatic nitrogens is 1. The third kappa shape index (κ3) is 5.08. The van der Waals surface area contributed by atoms with E-state index in [-0.39, 0.29) is 30.5 Å². The number of piperidine rings is 1. The van der Waals surface area contributed by atoms with Gasteiger partial charge in [-0.3, -0.25) is 9.78 Å². The minimum Gasteiger partial charge on any atom is -0.454 e. The number of allylic oxidation sites excluding steroid dienone is 3. The Kier molecular flexibility index (Phi) is 7.73. The Hall–Kier alpha value is -3.82. The van der Waals surface area contributed by atoms with Crippen molar-refractivity contribution >= 4 is 23.4 Å². The van der Waals surface area contributed by atoms with Crippen LogP contribution in [0.3, 0.4) is 0 Å². The fourth-order valence-corrected chi connectivity index (χ4v) is 6.85. The minimum atomic E-state index is -0.936. The van der Waals surface area contributed by atoms with Gasteiger partial charge in [-0.1, -0.05) is 45.3 Å². The monoisotopic (exact) mass is 584 g/mol. The number of hydrogen-bond donors (Lipinski definition) is 1. The molecular formula is C34H42N5O4+. The van der Waals surface area contributed by atoms with Gasteiger partial charge in [0.2, 0.25) is 6.79 Å². The van der Waals surface area contributed by atoms with Crippen LogP contribution in [0.4, 0.5) is 0 Å². The Morgan fingerprint density at radius 3 is 2.49 bits per heavy atom. The molecule has 1 saturated heterocycles. The van der Waals surface area contributed by atoms with Crippen molar-refractivity contribution in [1.82, 2.24) is 9.88 Å². The summed E-state index contributed by atoms with van der Waals surface area (Å²) >= 11 is 0. The summed E-state index contributed by atoms with van der Waals surface area (Å²) in [6.07, 6.45) is 5.31. The number of carbonyl (C=O) groups excluding carboxylic acids is 1. The highest BCUT2D eigenvalue weighted by Crippen LogP contribution is 2.45. The summed E-state index contributed by atoms with van der Waals surface area (Å²) in [6.45, 7) is 12.0. The summed E-state index contributed by atoms with van der Waals surface area (Å²) in [7, 11) is 2.11. The molecule has 1 aromatic carbocycles. The molecule has 0 radical (unpaired) electrons. The Morgan fingerprint density at radius 2 is 1.81 bits per heavy atom. The molecule has 5 heterocycles. The number of aliphatic hydroxyl groups excluding tert-OH is 1. The van der Waals surface area contributed by atoms with Gasteiger partial charge in [-0.2, -0.15) is 4.99 Å². The van der Waals surface area contributed by atoms with E-state index in [1.54, 1.807) is 0 Å². The molecule has 1 fully saturated rings. The standard InChI is InChI=1S/C34H42N5O4/c1-7-21(4)32(40)34(41)38-14-12-23(13-15-38)30-22(5)31(20(2)3)39(6)33(37-30)26(18-36-39)25-8-10-27(35-17-25)24-9-11-28-29(16-24)43-19-42-28/h8-11,16-18,20-21,23,32,40H,7,12-15,19H2,1-6H3/q+1. The zero-order chi connectivity index (χ0) is 30.5. The molecular weight excluding hydrogens is 542 g/mol. The number of aliphatic imine (C=N–C) groups is 1. The average Bonchev–Trinajstić information content (AvgIpc) is 3.63. The van der Waals surface area contributed by atoms with Crippen molar-refractivity contribution in [2.24, 2.45) is 27.8 Å². The zero-order valence-corrected chi connectivity index (χ0v) is 26.0. The lowest BCUT2D eigenvalue weighted by Crippen LogP contribution is -2.48. The number of carbonyl (C=O) groups is 1. The highest BCUT2D eigenvalue weighted by Gasteiger charge is 2.47. The van der Waals surface area contributed by atoms with Gasteiger partial charge in [0.1, 0.15) is 18.8 Å². The van der Waals surface area contributed by atoms with Crippen LogP contribution in [0.1, 0.15) is 59.4 Å². The fraction of sp³-hybridized carbons (Fsp3) is 0.471. The molecule has 6 rings (SSSR count). The molecule has 3 atom stereocenters. The number of ether oxygens (including phenoxy) is 2. The van der Waals surface area contributed by atoms with Gasteiger partial charge in [-0.25, -0.2) is 0 Å². The highest BCUT2D eigenvalue weighted by atomic mass is 16.7. The maximum Gasteiger partial charge on any atom is 0.269 e. The smallest absolute Gasteiger partial charge is 0.269 e. The Labute approximate surface area is 253 Å². The molecule has 9 nitrogen and oxygen atoms in total. The third-order valence-electron chi connectivity index (χ3n) is 9.45. The third-order valence-corrected chi connectivity index (χ3v) is 9.45. The first kappa shape index (κ1) is 29.3. The number of amides is 1. The van der Waals surface area contributed by atoms with E-state index in [0.717, 1.165) is 64.7 Å². The maximum absolute atomic E-state index is 12.9. The molecule has 1 aromatic heterocycles. The lowest BCUT2D eigenvalue weighted by Gasteiger charge is -2.38. The van der Waals surface area contributed by atoms with Crippen molar-refractivity contribution in [3.63, 3.8) is 0 Å². The second kappa shape index (κ2) is 11.4. The number of hydrogen-bond acceptors (Lipinski definition) is 7. The Bertz CT molecular complexity index is 1550. The fourth-order valence-electron chi connectivity index (χ4n) is 6.85. The second-order valence-electron chi connectivity index (χ2n) is 12.5. The summed E-state index contributed by atoms with van der Waals surface area (Å²) in [5.41, 5.74) is 7.29. The van der Waals surface area contributed by atoms with Crippen LogP contribution >= 0.6 is 0 Å². The number of pyridine rings is 1. The van der Waals surface area contributed by atoms with Crippen molar-refractivity contribution in [3.8, 4) is 22.8 Å². The number of likely N-dealkylation sites (tertiary alicyclic amines) is 1. The van der Waals surface area contributed by atoms with Crippen molar-refractivity contribution in [1.29, 1.82) is 0 Å². The van der Waals surface area contributed by atoms with Gasteiger partial charge in [-0.05, 0) is 49.9 Å². The van der Waals surface area contributed by atoms with Crippen molar-refractivity contribution in [2.45, 2.75) is 60.0 Å². The average molecular weight is 585 g/mol. The second-order valence-corrected chi connectivity index (χ2v) is 12.5. The molecule has 43 heavy (non-hydrogen) atoms. The topological polar surface area (TPSA) is 96.6 Å². The lowest BCUT2D eigenvalue weighted by molar-refractivity contribution is -0.843. The quantitative estimate of drug-likeness (QED) is 0.426. The Balaban J connectivity index is 1.29. The van der Waals surface area contributed by atoms with Crippen molar-refractivity contribution in [3.05, 3.63) is 59.2 Å². The van der Waals surface area contributed by atoms with Gasteiger partial charge in [0.15, 0.2) is 11.5 Å². The number of aliphatic hydroxyl groups is 1. The van der Waals surface area contributed by atoms with E-state index in [1.165, 1.54) is 11.3 Å². The maximum atomic E-state index is 12.9. The normalized spacial score (nSPS) is 23.2. The number of fused-ring (bicyclic) bond motifs is 2. The Morgan fingerprint density at radius 1 is 1.09 bits per heavy atom. The number of quaternary nitrogens is 1. The van der Waals surface area contributed by atoms with Crippen LogP contribution in [0.5, 0.6) is 11.5 Å².